The summed E-state index contributed by atoms with van der Waals surface area (Å²) in [6.07, 6.45) is 1.66. The summed E-state index contributed by atoms with van der Waals surface area (Å²) in [6, 6.07) is 7.41. The third-order valence-corrected chi connectivity index (χ3v) is 3.91. The van der Waals surface area contributed by atoms with Crippen LogP contribution in [0.4, 0.5) is 0 Å². The normalized spacial score (nSPS) is 28.1. The molecule has 0 aliphatic carbocycles. The van der Waals surface area contributed by atoms with E-state index in [0.29, 0.717) is 18.0 Å². The Hall–Kier alpha value is -1.75. The van der Waals surface area contributed by atoms with Gasteiger partial charge in [0.1, 0.15) is 6.61 Å². The molecule has 3 rings (SSSR count). The topological polar surface area (TPSA) is 59.6 Å². The molecule has 5 nitrogen and oxygen atoms in total. The molecule has 5 heteroatoms. The number of carbonyl (C=O) groups is 1. The summed E-state index contributed by atoms with van der Waals surface area (Å²) in [5, 5.41) is 6.38. The maximum atomic E-state index is 12.2. The molecule has 2 atom stereocenters. The van der Waals surface area contributed by atoms with E-state index in [2.05, 4.69) is 17.6 Å². The summed E-state index contributed by atoms with van der Waals surface area (Å²) < 4.78 is 11.2. The van der Waals surface area contributed by atoms with Crippen molar-refractivity contribution in [1.82, 2.24) is 10.6 Å². The molecule has 0 bridgehead atoms. The Kier molecular flexibility index (Phi) is 3.53. The highest BCUT2D eigenvalue weighted by molar-refractivity contribution is 5.81. The number of amides is 1. The largest absolute Gasteiger partial charge is 0.485 e. The van der Waals surface area contributed by atoms with Crippen LogP contribution >= 0.6 is 0 Å². The molecule has 0 saturated carbocycles. The lowest BCUT2D eigenvalue weighted by Crippen LogP contribution is -2.51. The number of nitrogens with one attached hydrogen (secondary N) is 2. The van der Waals surface area contributed by atoms with E-state index < -0.39 is 6.10 Å². The van der Waals surface area contributed by atoms with Gasteiger partial charge in [0.2, 0.25) is 6.10 Å². The smallest absolute Gasteiger partial charge is 0.264 e. The van der Waals surface area contributed by atoms with E-state index in [1.807, 2.05) is 24.3 Å². The van der Waals surface area contributed by atoms with Crippen LogP contribution in [0.5, 0.6) is 11.5 Å². The summed E-state index contributed by atoms with van der Waals surface area (Å²) in [7, 11) is 0. The van der Waals surface area contributed by atoms with Gasteiger partial charge in [-0.1, -0.05) is 12.1 Å². The summed E-state index contributed by atoms with van der Waals surface area (Å²) in [5.74, 6) is 1.21. The van der Waals surface area contributed by atoms with Gasteiger partial charge < -0.3 is 20.1 Å². The molecule has 0 aromatic heterocycles. The molecule has 0 spiro atoms. The molecule has 1 fully saturated rings. The standard InChI is InChI=1S/C15H20N2O3/c1-15(7-4-8-17-15)10-16-14(18)13-9-19-11-5-2-3-6-12(11)20-13/h2-3,5-6,13,17H,4,7-10H2,1H3,(H,16,18). The summed E-state index contributed by atoms with van der Waals surface area (Å²) in [6.45, 7) is 4.02. The highest BCUT2D eigenvalue weighted by Crippen LogP contribution is 2.30. The fraction of sp³-hybridized carbons (Fsp3) is 0.533. The molecule has 20 heavy (non-hydrogen) atoms. The second kappa shape index (κ2) is 5.32. The number of ether oxygens (including phenoxy) is 2. The Morgan fingerprint density at radius 3 is 3.00 bits per heavy atom. The lowest BCUT2D eigenvalue weighted by atomic mass is 10.0. The Bertz CT molecular complexity index is 498. The zero-order chi connectivity index (χ0) is 14.0. The zero-order valence-corrected chi connectivity index (χ0v) is 11.6. The van der Waals surface area contributed by atoms with E-state index in [-0.39, 0.29) is 18.1 Å². The monoisotopic (exact) mass is 276 g/mol. The quantitative estimate of drug-likeness (QED) is 0.867. The maximum absolute atomic E-state index is 12.2. The number of benzene rings is 1. The number of hydrogen-bond acceptors (Lipinski definition) is 4. The first kappa shape index (κ1) is 13.2. The molecule has 1 aromatic rings. The van der Waals surface area contributed by atoms with Crippen molar-refractivity contribution < 1.29 is 14.3 Å². The van der Waals surface area contributed by atoms with Crippen molar-refractivity contribution in [3.8, 4) is 11.5 Å². The minimum atomic E-state index is -0.574. The van der Waals surface area contributed by atoms with Gasteiger partial charge in [-0.15, -0.1) is 0 Å². The lowest BCUT2D eigenvalue weighted by Gasteiger charge is -2.28. The SMILES string of the molecule is CC1(CNC(=O)C2COc3ccccc3O2)CCCN1. The summed E-state index contributed by atoms with van der Waals surface area (Å²) in [5.41, 5.74) is 0.00307. The minimum Gasteiger partial charge on any atom is -0.485 e. The van der Waals surface area contributed by atoms with Crippen LogP contribution in [0.25, 0.3) is 0 Å². The van der Waals surface area contributed by atoms with Crippen LogP contribution in [0.15, 0.2) is 24.3 Å². The summed E-state index contributed by atoms with van der Waals surface area (Å²) >= 11 is 0. The average molecular weight is 276 g/mol. The number of carbonyl (C=O) groups excluding carboxylic acids is 1. The van der Waals surface area contributed by atoms with E-state index in [9.17, 15) is 4.79 Å². The highest BCUT2D eigenvalue weighted by Gasteiger charge is 2.31. The molecule has 2 heterocycles. The van der Waals surface area contributed by atoms with E-state index in [4.69, 9.17) is 9.47 Å². The molecule has 1 amide bonds. The van der Waals surface area contributed by atoms with Gasteiger partial charge in [-0.25, -0.2) is 0 Å². The van der Waals surface area contributed by atoms with Gasteiger partial charge in [0.15, 0.2) is 11.5 Å². The van der Waals surface area contributed by atoms with Gasteiger partial charge in [0.05, 0.1) is 0 Å². The van der Waals surface area contributed by atoms with E-state index in [0.717, 1.165) is 19.4 Å². The van der Waals surface area contributed by atoms with Gasteiger partial charge in [0.25, 0.3) is 5.91 Å². The molecule has 2 unspecified atom stereocenters. The molecule has 108 valence electrons. The molecule has 0 radical (unpaired) electrons. The molecule has 2 aliphatic rings. The first-order chi connectivity index (χ1) is 9.66. The van der Waals surface area contributed by atoms with Crippen LogP contribution in [-0.2, 0) is 4.79 Å². The number of rotatable bonds is 3. The number of para-hydroxylation sites is 2. The van der Waals surface area contributed by atoms with Crippen molar-refractivity contribution in [3.63, 3.8) is 0 Å². The Balaban J connectivity index is 1.56. The fourth-order valence-electron chi connectivity index (χ4n) is 2.65. The van der Waals surface area contributed by atoms with Gasteiger partial charge in [0, 0.05) is 12.1 Å². The third-order valence-electron chi connectivity index (χ3n) is 3.91. The van der Waals surface area contributed by atoms with Crippen LogP contribution in [0.1, 0.15) is 19.8 Å². The van der Waals surface area contributed by atoms with Crippen LogP contribution in [0, 0.1) is 0 Å². The first-order valence-corrected chi connectivity index (χ1v) is 7.08. The van der Waals surface area contributed by atoms with Crippen molar-refractivity contribution >= 4 is 5.91 Å². The van der Waals surface area contributed by atoms with E-state index in [1.165, 1.54) is 0 Å². The van der Waals surface area contributed by atoms with E-state index in [1.54, 1.807) is 0 Å². The second-order valence-electron chi connectivity index (χ2n) is 5.67. The number of fused-ring (bicyclic) bond motifs is 1. The van der Waals surface area contributed by atoms with Crippen molar-refractivity contribution in [2.24, 2.45) is 0 Å². The fourth-order valence-corrected chi connectivity index (χ4v) is 2.65. The molecule has 1 saturated heterocycles. The van der Waals surface area contributed by atoms with Gasteiger partial charge in [-0.3, -0.25) is 4.79 Å². The minimum absolute atomic E-state index is 0.00307. The van der Waals surface area contributed by atoms with Crippen molar-refractivity contribution in [2.45, 2.75) is 31.4 Å². The van der Waals surface area contributed by atoms with E-state index >= 15 is 0 Å². The first-order valence-electron chi connectivity index (χ1n) is 7.08. The summed E-state index contributed by atoms with van der Waals surface area (Å²) in [4.78, 5) is 12.2. The molecule has 1 aromatic carbocycles. The van der Waals surface area contributed by atoms with Crippen LogP contribution in [-0.4, -0.2) is 37.2 Å². The third kappa shape index (κ3) is 2.72. The second-order valence-corrected chi connectivity index (χ2v) is 5.67. The Labute approximate surface area is 118 Å². The van der Waals surface area contributed by atoms with Crippen LogP contribution in [0.3, 0.4) is 0 Å². The van der Waals surface area contributed by atoms with Gasteiger partial charge in [-0.05, 0) is 38.4 Å². The van der Waals surface area contributed by atoms with Gasteiger partial charge in [-0.2, -0.15) is 0 Å². The van der Waals surface area contributed by atoms with Crippen molar-refractivity contribution in [3.05, 3.63) is 24.3 Å². The molecule has 2 aliphatic heterocycles. The zero-order valence-electron chi connectivity index (χ0n) is 11.6. The van der Waals surface area contributed by atoms with Gasteiger partial charge >= 0.3 is 0 Å². The lowest BCUT2D eigenvalue weighted by molar-refractivity contribution is -0.130. The predicted molar refractivity (Wildman–Crippen MR) is 75.0 cm³/mol. The molecular weight excluding hydrogens is 256 g/mol. The Morgan fingerprint density at radius 2 is 2.25 bits per heavy atom. The van der Waals surface area contributed by atoms with Crippen LogP contribution < -0.4 is 20.1 Å². The number of hydrogen-bond donors (Lipinski definition) is 2. The van der Waals surface area contributed by atoms with Crippen molar-refractivity contribution in [1.29, 1.82) is 0 Å². The molecular formula is C15H20N2O3. The maximum Gasteiger partial charge on any atom is 0.264 e. The molecule has 2 N–H and O–H groups in total. The van der Waals surface area contributed by atoms with Crippen molar-refractivity contribution in [2.75, 3.05) is 19.7 Å². The Morgan fingerprint density at radius 1 is 1.45 bits per heavy atom. The predicted octanol–water partition coefficient (Wildman–Crippen LogP) is 1.08. The average Bonchev–Trinajstić information content (AvgIpc) is 2.91. The van der Waals surface area contributed by atoms with Crippen LogP contribution in [0.2, 0.25) is 0 Å². The highest BCUT2D eigenvalue weighted by atomic mass is 16.6.